The van der Waals surface area contributed by atoms with Crippen molar-refractivity contribution in [1.82, 2.24) is 19.7 Å². The quantitative estimate of drug-likeness (QED) is 0.938. The van der Waals surface area contributed by atoms with E-state index < -0.39 is 0 Å². The number of nitrogens with one attached hydrogen (secondary N) is 1. The van der Waals surface area contributed by atoms with Crippen LogP contribution in [0.5, 0.6) is 0 Å². The maximum Gasteiger partial charge on any atom is 0.267 e. The molecule has 0 unspecified atom stereocenters. The van der Waals surface area contributed by atoms with Crippen molar-refractivity contribution in [3.63, 3.8) is 0 Å². The summed E-state index contributed by atoms with van der Waals surface area (Å²) in [6, 6.07) is 2.42. The number of fused-ring (bicyclic) bond motifs is 1. The Balaban J connectivity index is 1.43. The second-order valence-corrected chi connectivity index (χ2v) is 6.89. The van der Waals surface area contributed by atoms with Crippen molar-refractivity contribution in [2.75, 3.05) is 5.32 Å². The first-order valence-corrected chi connectivity index (χ1v) is 8.86. The molecule has 2 heterocycles. The Labute approximate surface area is 141 Å². The van der Waals surface area contributed by atoms with Gasteiger partial charge in [0.1, 0.15) is 5.82 Å². The van der Waals surface area contributed by atoms with Crippen molar-refractivity contribution < 1.29 is 0 Å². The lowest BCUT2D eigenvalue weighted by Gasteiger charge is -2.30. The van der Waals surface area contributed by atoms with Gasteiger partial charge >= 0.3 is 0 Å². The predicted octanol–water partition coefficient (Wildman–Crippen LogP) is 2.43. The standard InChI is InChI=1S/C18H23N5O/c1-12-18(20-10-9-19-12)21-14-5-7-15(8-6-14)23-17(24)11-13-3-2-4-16(13)22-23/h9-11,14-15H,2-8H2,1H3,(H,20,21). The van der Waals surface area contributed by atoms with Gasteiger partial charge in [0.25, 0.3) is 5.56 Å². The van der Waals surface area contributed by atoms with E-state index in [0.717, 1.165) is 67.7 Å². The number of hydrogen-bond acceptors (Lipinski definition) is 5. The average molecular weight is 325 g/mol. The maximum absolute atomic E-state index is 12.4. The molecule has 24 heavy (non-hydrogen) atoms. The van der Waals surface area contributed by atoms with E-state index in [2.05, 4.69) is 20.4 Å². The molecule has 0 aliphatic heterocycles. The smallest absolute Gasteiger partial charge is 0.267 e. The van der Waals surface area contributed by atoms with E-state index in [1.807, 2.05) is 13.0 Å². The van der Waals surface area contributed by atoms with Gasteiger partial charge in [0, 0.05) is 24.5 Å². The van der Waals surface area contributed by atoms with Gasteiger partial charge in [0.15, 0.2) is 0 Å². The van der Waals surface area contributed by atoms with Crippen LogP contribution in [-0.4, -0.2) is 25.8 Å². The maximum atomic E-state index is 12.4. The number of aromatic nitrogens is 4. The van der Waals surface area contributed by atoms with E-state index in [1.165, 1.54) is 0 Å². The summed E-state index contributed by atoms with van der Waals surface area (Å²) < 4.78 is 1.74. The number of rotatable bonds is 3. The Morgan fingerprint density at radius 3 is 2.71 bits per heavy atom. The van der Waals surface area contributed by atoms with E-state index in [-0.39, 0.29) is 11.6 Å². The van der Waals surface area contributed by atoms with Gasteiger partial charge in [-0.3, -0.25) is 9.78 Å². The minimum Gasteiger partial charge on any atom is -0.366 e. The van der Waals surface area contributed by atoms with Crippen molar-refractivity contribution >= 4 is 5.82 Å². The van der Waals surface area contributed by atoms with Gasteiger partial charge in [-0.1, -0.05) is 0 Å². The van der Waals surface area contributed by atoms with Crippen LogP contribution in [-0.2, 0) is 12.8 Å². The first-order chi connectivity index (χ1) is 11.7. The summed E-state index contributed by atoms with van der Waals surface area (Å²) in [4.78, 5) is 21.0. The first-order valence-electron chi connectivity index (χ1n) is 8.86. The minimum absolute atomic E-state index is 0.0665. The van der Waals surface area contributed by atoms with Crippen LogP contribution in [0.4, 0.5) is 5.82 Å². The lowest BCUT2D eigenvalue weighted by Crippen LogP contribution is -2.34. The summed E-state index contributed by atoms with van der Waals surface area (Å²) in [5.41, 5.74) is 3.28. The summed E-state index contributed by atoms with van der Waals surface area (Å²) >= 11 is 0. The van der Waals surface area contributed by atoms with E-state index in [9.17, 15) is 4.79 Å². The number of anilines is 1. The zero-order chi connectivity index (χ0) is 16.5. The third-order valence-electron chi connectivity index (χ3n) is 5.25. The van der Waals surface area contributed by atoms with Crippen LogP contribution in [0, 0.1) is 6.92 Å². The summed E-state index contributed by atoms with van der Waals surface area (Å²) in [5, 5.41) is 8.16. The molecule has 0 radical (unpaired) electrons. The van der Waals surface area contributed by atoms with Gasteiger partial charge in [-0.05, 0) is 57.4 Å². The molecule has 1 fully saturated rings. The molecule has 1 N–H and O–H groups in total. The van der Waals surface area contributed by atoms with Gasteiger partial charge in [-0.15, -0.1) is 0 Å². The minimum atomic E-state index is 0.0665. The van der Waals surface area contributed by atoms with Gasteiger partial charge < -0.3 is 5.32 Å². The molecule has 2 aliphatic carbocycles. The summed E-state index contributed by atoms with van der Waals surface area (Å²) in [6.07, 6.45) is 10.6. The predicted molar refractivity (Wildman–Crippen MR) is 92.2 cm³/mol. The van der Waals surface area contributed by atoms with Gasteiger partial charge in [0.2, 0.25) is 0 Å². The molecule has 0 amide bonds. The molecule has 2 aromatic heterocycles. The molecule has 0 aromatic carbocycles. The first kappa shape index (κ1) is 15.3. The Morgan fingerprint density at radius 1 is 1.12 bits per heavy atom. The van der Waals surface area contributed by atoms with Crippen molar-refractivity contribution in [3.8, 4) is 0 Å². The van der Waals surface area contributed by atoms with E-state index in [1.54, 1.807) is 17.1 Å². The van der Waals surface area contributed by atoms with E-state index in [4.69, 9.17) is 0 Å². The van der Waals surface area contributed by atoms with Gasteiger partial charge in [-0.2, -0.15) is 5.10 Å². The molecule has 6 heteroatoms. The SMILES string of the molecule is Cc1nccnc1NC1CCC(n2nc3c(cc2=O)CCC3)CC1. The third kappa shape index (κ3) is 2.92. The van der Waals surface area contributed by atoms with E-state index >= 15 is 0 Å². The van der Waals surface area contributed by atoms with Crippen LogP contribution < -0.4 is 10.9 Å². The Kier molecular flexibility index (Phi) is 4.04. The summed E-state index contributed by atoms with van der Waals surface area (Å²) in [6.45, 7) is 1.97. The van der Waals surface area contributed by atoms with Crippen LogP contribution in [0.3, 0.4) is 0 Å². The zero-order valence-electron chi connectivity index (χ0n) is 14.0. The fourth-order valence-electron chi connectivity index (χ4n) is 3.88. The molecular formula is C18H23N5O. The van der Waals surface area contributed by atoms with Crippen molar-refractivity contribution in [2.24, 2.45) is 0 Å². The van der Waals surface area contributed by atoms with Crippen LogP contribution in [0.25, 0.3) is 0 Å². The molecule has 126 valence electrons. The monoisotopic (exact) mass is 325 g/mol. The van der Waals surface area contributed by atoms with E-state index in [0.29, 0.717) is 6.04 Å². The van der Waals surface area contributed by atoms with Crippen LogP contribution in [0.2, 0.25) is 0 Å². The zero-order valence-corrected chi connectivity index (χ0v) is 14.0. The molecule has 0 spiro atoms. The molecular weight excluding hydrogens is 302 g/mol. The molecule has 0 atom stereocenters. The molecule has 2 aliphatic rings. The van der Waals surface area contributed by atoms with Crippen molar-refractivity contribution in [3.05, 3.63) is 45.8 Å². The molecule has 0 saturated heterocycles. The second-order valence-electron chi connectivity index (χ2n) is 6.89. The number of aryl methyl sites for hydroxylation is 3. The molecule has 6 nitrogen and oxygen atoms in total. The summed E-state index contributed by atoms with van der Waals surface area (Å²) in [5.74, 6) is 0.869. The molecule has 2 aromatic rings. The fourth-order valence-corrected chi connectivity index (χ4v) is 3.88. The fraction of sp³-hybridized carbons (Fsp3) is 0.556. The largest absolute Gasteiger partial charge is 0.366 e. The Morgan fingerprint density at radius 2 is 1.92 bits per heavy atom. The number of hydrogen-bond donors (Lipinski definition) is 1. The molecule has 0 bridgehead atoms. The lowest BCUT2D eigenvalue weighted by atomic mass is 9.91. The lowest BCUT2D eigenvalue weighted by molar-refractivity contribution is 0.301. The van der Waals surface area contributed by atoms with Crippen molar-refractivity contribution in [1.29, 1.82) is 0 Å². The highest BCUT2D eigenvalue weighted by Gasteiger charge is 2.25. The molecule has 4 rings (SSSR count). The summed E-state index contributed by atoms with van der Waals surface area (Å²) in [7, 11) is 0. The average Bonchev–Trinajstić information content (AvgIpc) is 3.04. The van der Waals surface area contributed by atoms with Crippen LogP contribution in [0.15, 0.2) is 23.3 Å². The highest BCUT2D eigenvalue weighted by atomic mass is 16.1. The van der Waals surface area contributed by atoms with Crippen molar-refractivity contribution in [2.45, 2.75) is 64.0 Å². The van der Waals surface area contributed by atoms with Crippen LogP contribution in [0.1, 0.15) is 55.1 Å². The number of nitrogens with zero attached hydrogens (tertiary/aromatic N) is 4. The van der Waals surface area contributed by atoms with Crippen LogP contribution >= 0.6 is 0 Å². The Bertz CT molecular complexity index is 792. The third-order valence-corrected chi connectivity index (χ3v) is 5.25. The van der Waals surface area contributed by atoms with Gasteiger partial charge in [0.05, 0.1) is 17.4 Å². The topological polar surface area (TPSA) is 72.7 Å². The second kappa shape index (κ2) is 6.34. The van der Waals surface area contributed by atoms with Gasteiger partial charge in [-0.25, -0.2) is 9.67 Å². The normalized spacial score (nSPS) is 23.0. The highest BCUT2D eigenvalue weighted by molar-refractivity contribution is 5.39. The Hall–Kier alpha value is -2.24. The molecule has 1 saturated carbocycles. The highest BCUT2D eigenvalue weighted by Crippen LogP contribution is 2.29.